The van der Waals surface area contributed by atoms with E-state index in [2.05, 4.69) is 31.4 Å². The second-order valence-electron chi connectivity index (χ2n) is 5.65. The predicted octanol–water partition coefficient (Wildman–Crippen LogP) is 4.47. The molecule has 0 bridgehead atoms. The third-order valence-corrected chi connectivity index (χ3v) is 4.27. The molecule has 0 aliphatic rings. The smallest absolute Gasteiger partial charge is 0.226 e. The molecule has 0 radical (unpaired) electrons. The van der Waals surface area contributed by atoms with Crippen LogP contribution in [0.3, 0.4) is 0 Å². The number of methoxy groups -OCH3 is 1. The summed E-state index contributed by atoms with van der Waals surface area (Å²) in [5.74, 6) is 1.78. The molecule has 0 aliphatic carbocycles. The number of carbonyl (C=O) groups excluding carboxylic acids is 1. The lowest BCUT2D eigenvalue weighted by molar-refractivity contribution is -0.116. The van der Waals surface area contributed by atoms with Gasteiger partial charge in [0.2, 0.25) is 17.6 Å². The topological polar surface area (TPSA) is 77.2 Å². The Labute approximate surface area is 159 Å². The minimum absolute atomic E-state index is 0.0396. The van der Waals surface area contributed by atoms with Crippen LogP contribution in [0.15, 0.2) is 57.5 Å². The van der Waals surface area contributed by atoms with Gasteiger partial charge in [-0.1, -0.05) is 21.1 Å². The number of anilines is 1. The number of nitrogens with one attached hydrogen (secondary N) is 1. The lowest BCUT2D eigenvalue weighted by Gasteiger charge is -2.04. The van der Waals surface area contributed by atoms with E-state index in [1.807, 2.05) is 48.5 Å². The summed E-state index contributed by atoms with van der Waals surface area (Å²) in [6, 6.07) is 14.9. The van der Waals surface area contributed by atoms with Crippen LogP contribution in [-0.4, -0.2) is 23.2 Å². The van der Waals surface area contributed by atoms with E-state index in [1.165, 1.54) is 0 Å². The normalized spacial score (nSPS) is 10.5. The van der Waals surface area contributed by atoms with Gasteiger partial charge in [0.25, 0.3) is 0 Å². The molecular formula is C19H18BrN3O3. The molecule has 0 fully saturated rings. The van der Waals surface area contributed by atoms with Crippen molar-refractivity contribution in [1.29, 1.82) is 0 Å². The highest BCUT2D eigenvalue weighted by atomic mass is 79.9. The maximum absolute atomic E-state index is 12.0. The summed E-state index contributed by atoms with van der Waals surface area (Å²) in [5.41, 5.74) is 1.63. The van der Waals surface area contributed by atoms with Gasteiger partial charge in [-0.05, 0) is 55.0 Å². The second-order valence-corrected chi connectivity index (χ2v) is 6.56. The Morgan fingerprint density at radius 2 is 1.88 bits per heavy atom. The van der Waals surface area contributed by atoms with E-state index in [4.69, 9.17) is 9.26 Å². The molecule has 0 aliphatic heterocycles. The van der Waals surface area contributed by atoms with Crippen LogP contribution in [0.5, 0.6) is 5.75 Å². The zero-order valence-electron chi connectivity index (χ0n) is 14.2. The van der Waals surface area contributed by atoms with Crippen LogP contribution in [0.2, 0.25) is 0 Å². The Kier molecular flexibility index (Phi) is 6.01. The molecule has 3 rings (SSSR count). The molecule has 0 spiro atoms. The Hall–Kier alpha value is -2.67. The number of ether oxygens (including phenoxy) is 1. The van der Waals surface area contributed by atoms with E-state index < -0.39 is 0 Å². The highest BCUT2D eigenvalue weighted by Crippen LogP contribution is 2.20. The van der Waals surface area contributed by atoms with E-state index in [0.29, 0.717) is 31.0 Å². The molecule has 7 heteroatoms. The summed E-state index contributed by atoms with van der Waals surface area (Å²) >= 11 is 3.36. The molecule has 1 aromatic heterocycles. The van der Waals surface area contributed by atoms with Crippen LogP contribution < -0.4 is 10.1 Å². The lowest BCUT2D eigenvalue weighted by atomic mass is 10.2. The summed E-state index contributed by atoms with van der Waals surface area (Å²) in [7, 11) is 1.62. The molecule has 1 amide bonds. The first-order valence-corrected chi connectivity index (χ1v) is 8.96. The van der Waals surface area contributed by atoms with Crippen molar-refractivity contribution >= 4 is 27.5 Å². The number of aryl methyl sites for hydroxylation is 1. The minimum Gasteiger partial charge on any atom is -0.497 e. The van der Waals surface area contributed by atoms with Crippen molar-refractivity contribution in [3.05, 3.63) is 58.9 Å². The predicted molar refractivity (Wildman–Crippen MR) is 102 cm³/mol. The third kappa shape index (κ3) is 4.92. The standard InChI is InChI=1S/C19H18BrN3O3/c1-25-16-11-5-13(6-12-16)19-22-18(26-23-19)4-2-3-17(24)21-15-9-7-14(20)8-10-15/h5-12H,2-4H2,1H3,(H,21,24). The van der Waals surface area contributed by atoms with E-state index in [-0.39, 0.29) is 5.91 Å². The van der Waals surface area contributed by atoms with Crippen LogP contribution in [0.25, 0.3) is 11.4 Å². The van der Waals surface area contributed by atoms with Gasteiger partial charge < -0.3 is 14.6 Å². The van der Waals surface area contributed by atoms with Crippen LogP contribution in [-0.2, 0) is 11.2 Å². The molecule has 1 heterocycles. The third-order valence-electron chi connectivity index (χ3n) is 3.74. The molecule has 26 heavy (non-hydrogen) atoms. The van der Waals surface area contributed by atoms with Gasteiger partial charge in [0.05, 0.1) is 7.11 Å². The highest BCUT2D eigenvalue weighted by Gasteiger charge is 2.10. The van der Waals surface area contributed by atoms with Crippen LogP contribution in [0.1, 0.15) is 18.7 Å². The highest BCUT2D eigenvalue weighted by molar-refractivity contribution is 9.10. The molecule has 2 aromatic carbocycles. The molecule has 0 saturated heterocycles. The van der Waals surface area contributed by atoms with Crippen molar-refractivity contribution in [3.8, 4) is 17.1 Å². The quantitative estimate of drug-likeness (QED) is 0.615. The maximum atomic E-state index is 12.0. The van der Waals surface area contributed by atoms with Gasteiger partial charge in [-0.25, -0.2) is 0 Å². The van der Waals surface area contributed by atoms with Crippen molar-refractivity contribution in [2.24, 2.45) is 0 Å². The van der Waals surface area contributed by atoms with Crippen LogP contribution in [0.4, 0.5) is 5.69 Å². The fraction of sp³-hybridized carbons (Fsp3) is 0.211. The van der Waals surface area contributed by atoms with E-state index in [1.54, 1.807) is 7.11 Å². The number of aromatic nitrogens is 2. The number of hydrogen-bond donors (Lipinski definition) is 1. The summed E-state index contributed by atoms with van der Waals surface area (Å²) < 4.78 is 11.4. The zero-order chi connectivity index (χ0) is 18.4. The number of carbonyl (C=O) groups is 1. The van der Waals surface area contributed by atoms with Gasteiger partial charge >= 0.3 is 0 Å². The first-order valence-electron chi connectivity index (χ1n) is 8.16. The zero-order valence-corrected chi connectivity index (χ0v) is 15.8. The van der Waals surface area contributed by atoms with Crippen molar-refractivity contribution < 1.29 is 14.1 Å². The number of rotatable bonds is 7. The number of amides is 1. The summed E-state index contributed by atoms with van der Waals surface area (Å²) in [6.07, 6.45) is 1.57. The molecule has 0 atom stereocenters. The summed E-state index contributed by atoms with van der Waals surface area (Å²) in [4.78, 5) is 16.3. The average molecular weight is 416 g/mol. The first kappa shape index (κ1) is 18.1. The second kappa shape index (κ2) is 8.62. The molecular weight excluding hydrogens is 398 g/mol. The van der Waals surface area contributed by atoms with E-state index in [0.717, 1.165) is 21.5 Å². The number of nitrogens with zero attached hydrogens (tertiary/aromatic N) is 2. The Morgan fingerprint density at radius 3 is 2.58 bits per heavy atom. The molecule has 0 unspecified atom stereocenters. The molecule has 0 saturated carbocycles. The van der Waals surface area contributed by atoms with Gasteiger partial charge in [-0.15, -0.1) is 0 Å². The van der Waals surface area contributed by atoms with Gasteiger partial charge in [-0.3, -0.25) is 4.79 Å². The Morgan fingerprint density at radius 1 is 1.15 bits per heavy atom. The van der Waals surface area contributed by atoms with Gasteiger partial charge in [0.15, 0.2) is 0 Å². The molecule has 134 valence electrons. The number of halogens is 1. The van der Waals surface area contributed by atoms with Gasteiger partial charge in [0, 0.05) is 28.6 Å². The van der Waals surface area contributed by atoms with Crippen molar-refractivity contribution in [1.82, 2.24) is 10.1 Å². The summed E-state index contributed by atoms with van der Waals surface area (Å²) in [6.45, 7) is 0. The largest absolute Gasteiger partial charge is 0.497 e. The van der Waals surface area contributed by atoms with Crippen molar-refractivity contribution in [2.75, 3.05) is 12.4 Å². The number of hydrogen-bond acceptors (Lipinski definition) is 5. The Bertz CT molecular complexity index is 860. The lowest BCUT2D eigenvalue weighted by Crippen LogP contribution is -2.11. The SMILES string of the molecule is COc1ccc(-c2noc(CCCC(=O)Nc3ccc(Br)cc3)n2)cc1. The minimum atomic E-state index is -0.0396. The van der Waals surface area contributed by atoms with Crippen molar-refractivity contribution in [2.45, 2.75) is 19.3 Å². The van der Waals surface area contributed by atoms with Gasteiger partial charge in [-0.2, -0.15) is 4.98 Å². The van der Waals surface area contributed by atoms with E-state index in [9.17, 15) is 4.79 Å². The average Bonchev–Trinajstić information content (AvgIpc) is 3.12. The summed E-state index contributed by atoms with van der Waals surface area (Å²) in [5, 5.41) is 6.84. The molecule has 3 aromatic rings. The van der Waals surface area contributed by atoms with Crippen LogP contribution >= 0.6 is 15.9 Å². The number of benzene rings is 2. The fourth-order valence-electron chi connectivity index (χ4n) is 2.37. The first-order chi connectivity index (χ1) is 12.6. The van der Waals surface area contributed by atoms with Crippen LogP contribution in [0, 0.1) is 0 Å². The van der Waals surface area contributed by atoms with E-state index >= 15 is 0 Å². The fourth-order valence-corrected chi connectivity index (χ4v) is 2.63. The van der Waals surface area contributed by atoms with Crippen molar-refractivity contribution in [3.63, 3.8) is 0 Å². The van der Waals surface area contributed by atoms with Gasteiger partial charge in [0.1, 0.15) is 5.75 Å². The maximum Gasteiger partial charge on any atom is 0.226 e. The molecule has 6 nitrogen and oxygen atoms in total. The Balaban J connectivity index is 1.48. The monoisotopic (exact) mass is 415 g/mol. The molecule has 1 N–H and O–H groups in total.